The van der Waals surface area contributed by atoms with Crippen LogP contribution in [0.3, 0.4) is 0 Å². The molecule has 0 radical (unpaired) electrons. The van der Waals surface area contributed by atoms with Crippen molar-refractivity contribution < 1.29 is 9.53 Å². The Bertz CT molecular complexity index is 877. The first-order chi connectivity index (χ1) is 12.6. The number of carbonyl (C=O) groups is 1. The van der Waals surface area contributed by atoms with Gasteiger partial charge in [-0.1, -0.05) is 6.07 Å². The van der Waals surface area contributed by atoms with Gasteiger partial charge in [-0.15, -0.1) is 11.8 Å². The molecule has 0 unspecified atom stereocenters. The molecule has 3 aromatic rings. The summed E-state index contributed by atoms with van der Waals surface area (Å²) in [6, 6.07) is 11.3. The molecule has 0 spiro atoms. The van der Waals surface area contributed by atoms with Gasteiger partial charge < -0.3 is 20.2 Å². The molecule has 0 saturated carbocycles. The molecular weight excluding hydrogens is 348 g/mol. The van der Waals surface area contributed by atoms with Crippen LogP contribution in [0.2, 0.25) is 0 Å². The minimum Gasteiger partial charge on any atom is -0.492 e. The number of nitrogens with one attached hydrogen (secondary N) is 1. The molecule has 0 aliphatic rings. The van der Waals surface area contributed by atoms with Crippen LogP contribution >= 0.6 is 11.8 Å². The fourth-order valence-electron chi connectivity index (χ4n) is 2.48. The Kier molecular flexibility index (Phi) is 6.14. The number of hydrogen-bond acceptors (Lipinski definition) is 5. The van der Waals surface area contributed by atoms with E-state index in [-0.39, 0.29) is 5.91 Å². The van der Waals surface area contributed by atoms with Gasteiger partial charge in [0.25, 0.3) is 0 Å². The molecule has 0 saturated heterocycles. The lowest BCUT2D eigenvalue weighted by molar-refractivity contribution is -0.113. The number of anilines is 1. The zero-order valence-corrected chi connectivity index (χ0v) is 15.5. The summed E-state index contributed by atoms with van der Waals surface area (Å²) in [5, 5.41) is 2.88. The monoisotopic (exact) mass is 370 g/mol. The molecule has 7 heteroatoms. The number of benzene rings is 1. The average Bonchev–Trinajstić information content (AvgIpc) is 3.03. The third-order valence-electron chi connectivity index (χ3n) is 3.66. The summed E-state index contributed by atoms with van der Waals surface area (Å²) in [6.45, 7) is 3.00. The van der Waals surface area contributed by atoms with Gasteiger partial charge >= 0.3 is 0 Å². The van der Waals surface area contributed by atoms with Gasteiger partial charge in [-0.3, -0.25) is 4.79 Å². The molecule has 0 bridgehead atoms. The quantitative estimate of drug-likeness (QED) is 0.637. The molecule has 0 fully saturated rings. The lowest BCUT2D eigenvalue weighted by Crippen LogP contribution is -2.14. The second-order valence-corrected chi connectivity index (χ2v) is 6.89. The van der Waals surface area contributed by atoms with Gasteiger partial charge in [0.05, 0.1) is 11.4 Å². The third-order valence-corrected chi connectivity index (χ3v) is 4.62. The van der Waals surface area contributed by atoms with Gasteiger partial charge in [0.1, 0.15) is 18.0 Å². The van der Waals surface area contributed by atoms with Crippen LogP contribution in [0, 0.1) is 6.92 Å². The van der Waals surface area contributed by atoms with Crippen LogP contribution in [0.25, 0.3) is 5.65 Å². The number of aromatic nitrogens is 2. The van der Waals surface area contributed by atoms with Crippen molar-refractivity contribution in [2.24, 2.45) is 5.73 Å². The molecule has 2 heterocycles. The summed E-state index contributed by atoms with van der Waals surface area (Å²) < 4.78 is 7.42. The molecule has 26 heavy (non-hydrogen) atoms. The second kappa shape index (κ2) is 8.73. The first-order valence-corrected chi connectivity index (χ1v) is 9.54. The maximum Gasteiger partial charge on any atom is 0.234 e. The molecule has 0 aliphatic carbocycles. The minimum atomic E-state index is -0.0368. The van der Waals surface area contributed by atoms with Gasteiger partial charge in [-0.25, -0.2) is 4.98 Å². The van der Waals surface area contributed by atoms with E-state index in [1.54, 1.807) is 11.8 Å². The van der Waals surface area contributed by atoms with E-state index in [2.05, 4.69) is 17.2 Å². The van der Waals surface area contributed by atoms with Crippen LogP contribution < -0.4 is 15.8 Å². The smallest absolute Gasteiger partial charge is 0.234 e. The molecule has 0 atom stereocenters. The van der Waals surface area contributed by atoms with E-state index >= 15 is 0 Å². The van der Waals surface area contributed by atoms with Gasteiger partial charge in [-0.05, 0) is 42.8 Å². The van der Waals surface area contributed by atoms with Crippen molar-refractivity contribution in [2.75, 3.05) is 24.2 Å². The molecule has 136 valence electrons. The van der Waals surface area contributed by atoms with Gasteiger partial charge in [0.2, 0.25) is 5.91 Å². The lowest BCUT2D eigenvalue weighted by Gasteiger charge is -2.07. The zero-order valence-electron chi connectivity index (χ0n) is 14.6. The Morgan fingerprint density at radius 1 is 1.23 bits per heavy atom. The first-order valence-electron chi connectivity index (χ1n) is 8.39. The van der Waals surface area contributed by atoms with E-state index in [1.165, 1.54) is 5.56 Å². The standard InChI is InChI=1S/C19H22N4O2S/c1-14-2-7-18-21-16(11-23(18)10-14)12-26-13-19(24)22-15-3-5-17(6-4-15)25-9-8-20/h2-7,10-11H,8-9,12-13,20H2,1H3,(H,22,24). The van der Waals surface area contributed by atoms with Crippen molar-refractivity contribution in [1.82, 2.24) is 9.38 Å². The fraction of sp³-hybridized carbons (Fsp3) is 0.263. The SMILES string of the molecule is Cc1ccc2nc(CSCC(=O)Nc3ccc(OCCN)cc3)cn2c1. The van der Waals surface area contributed by atoms with Crippen LogP contribution in [0.15, 0.2) is 48.8 Å². The molecule has 3 N–H and O–H groups in total. The van der Waals surface area contributed by atoms with E-state index in [0.717, 1.165) is 22.8 Å². The number of aryl methyl sites for hydroxylation is 1. The highest BCUT2D eigenvalue weighted by molar-refractivity contribution is 7.99. The zero-order chi connectivity index (χ0) is 18.4. The van der Waals surface area contributed by atoms with Gasteiger partial charge in [0, 0.05) is 30.4 Å². The molecule has 6 nitrogen and oxygen atoms in total. The van der Waals surface area contributed by atoms with Crippen LogP contribution in [0.1, 0.15) is 11.3 Å². The van der Waals surface area contributed by atoms with Gasteiger partial charge in [0.15, 0.2) is 0 Å². The van der Waals surface area contributed by atoms with Crippen LogP contribution in [-0.2, 0) is 10.5 Å². The van der Waals surface area contributed by atoms with Crippen molar-refractivity contribution in [2.45, 2.75) is 12.7 Å². The fourth-order valence-corrected chi connectivity index (χ4v) is 3.19. The summed E-state index contributed by atoms with van der Waals surface area (Å²) in [5.74, 6) is 1.77. The Morgan fingerprint density at radius 3 is 2.81 bits per heavy atom. The number of carbonyl (C=O) groups excluding carboxylic acids is 1. The van der Waals surface area contributed by atoms with E-state index in [9.17, 15) is 4.79 Å². The largest absolute Gasteiger partial charge is 0.492 e. The van der Waals surface area contributed by atoms with Crippen molar-refractivity contribution in [3.05, 3.63) is 60.0 Å². The number of rotatable bonds is 8. The van der Waals surface area contributed by atoms with Crippen molar-refractivity contribution in [3.8, 4) is 5.75 Å². The molecule has 2 aromatic heterocycles. The summed E-state index contributed by atoms with van der Waals surface area (Å²) in [6.07, 6.45) is 4.05. The molecule has 3 rings (SSSR count). The topological polar surface area (TPSA) is 81.6 Å². The molecule has 1 amide bonds. The Balaban J connectivity index is 1.46. The van der Waals surface area contributed by atoms with Crippen molar-refractivity contribution in [3.63, 3.8) is 0 Å². The summed E-state index contributed by atoms with van der Waals surface area (Å²) in [7, 11) is 0. The number of amides is 1. The normalized spacial score (nSPS) is 10.8. The van der Waals surface area contributed by atoms with Crippen LogP contribution in [0.5, 0.6) is 5.75 Å². The van der Waals surface area contributed by atoms with Crippen LogP contribution in [0.4, 0.5) is 5.69 Å². The highest BCUT2D eigenvalue weighted by Gasteiger charge is 2.06. The number of pyridine rings is 1. The molecule has 1 aromatic carbocycles. The molecule has 0 aliphatic heterocycles. The number of nitrogens with zero attached hydrogens (tertiary/aromatic N) is 2. The first kappa shape index (κ1) is 18.3. The second-order valence-electron chi connectivity index (χ2n) is 5.91. The summed E-state index contributed by atoms with van der Waals surface area (Å²) in [5.41, 5.74) is 9.23. The van der Waals surface area contributed by atoms with E-state index < -0.39 is 0 Å². The highest BCUT2D eigenvalue weighted by Crippen LogP contribution is 2.17. The number of nitrogens with two attached hydrogens (primary N) is 1. The number of ether oxygens (including phenoxy) is 1. The van der Waals surface area contributed by atoms with Crippen LogP contribution in [-0.4, -0.2) is 34.2 Å². The Hall–Kier alpha value is -2.51. The predicted molar refractivity (Wildman–Crippen MR) is 106 cm³/mol. The average molecular weight is 370 g/mol. The Morgan fingerprint density at radius 2 is 2.04 bits per heavy atom. The van der Waals surface area contributed by atoms with E-state index in [0.29, 0.717) is 24.7 Å². The minimum absolute atomic E-state index is 0.0368. The predicted octanol–water partition coefficient (Wildman–Crippen LogP) is 2.85. The number of thioether (sulfide) groups is 1. The lowest BCUT2D eigenvalue weighted by atomic mass is 10.3. The highest BCUT2D eigenvalue weighted by atomic mass is 32.2. The van der Waals surface area contributed by atoms with E-state index in [1.807, 2.05) is 53.2 Å². The number of imidazole rings is 1. The molecular formula is C19H22N4O2S. The van der Waals surface area contributed by atoms with Crippen molar-refractivity contribution >= 4 is 29.0 Å². The summed E-state index contributed by atoms with van der Waals surface area (Å²) >= 11 is 1.54. The maximum atomic E-state index is 12.1. The third kappa shape index (κ3) is 5.00. The summed E-state index contributed by atoms with van der Waals surface area (Å²) in [4.78, 5) is 16.6. The van der Waals surface area contributed by atoms with Crippen molar-refractivity contribution in [1.29, 1.82) is 0 Å². The maximum absolute atomic E-state index is 12.1. The van der Waals surface area contributed by atoms with E-state index in [4.69, 9.17) is 10.5 Å². The van der Waals surface area contributed by atoms with Gasteiger partial charge in [-0.2, -0.15) is 0 Å². The Labute approximate surface area is 156 Å². The number of hydrogen-bond donors (Lipinski definition) is 2. The number of fused-ring (bicyclic) bond motifs is 1.